The summed E-state index contributed by atoms with van der Waals surface area (Å²) in [6.07, 6.45) is -0.203. The van der Waals surface area contributed by atoms with Crippen LogP contribution in [0.1, 0.15) is 48.5 Å². The molecule has 18 heavy (non-hydrogen) atoms. The van der Waals surface area contributed by atoms with Crippen LogP contribution in [0, 0.1) is 0 Å². The van der Waals surface area contributed by atoms with Gasteiger partial charge in [0, 0.05) is 26.2 Å². The number of hydrogen-bond acceptors (Lipinski definition) is 3. The average molecular weight is 262 g/mol. The Morgan fingerprint density at radius 3 is 1.61 bits per heavy atom. The van der Waals surface area contributed by atoms with Crippen molar-refractivity contribution in [2.24, 2.45) is 0 Å². The molecular formula is C14H34N2O2. The molecule has 0 saturated carbocycles. The minimum absolute atomic E-state index is 0.203. The van der Waals surface area contributed by atoms with Gasteiger partial charge in [-0.3, -0.25) is 0 Å². The van der Waals surface area contributed by atoms with Crippen molar-refractivity contribution in [3.05, 3.63) is 0 Å². The molecule has 1 aliphatic rings. The Morgan fingerprint density at radius 1 is 0.944 bits per heavy atom. The van der Waals surface area contributed by atoms with Gasteiger partial charge in [0.25, 0.3) is 0 Å². The molecule has 4 nitrogen and oxygen atoms in total. The third-order valence-corrected chi connectivity index (χ3v) is 2.25. The summed E-state index contributed by atoms with van der Waals surface area (Å²) in [4.78, 5) is 15.1. The topological polar surface area (TPSA) is 32.8 Å². The molecule has 0 radical (unpaired) electrons. The molecule has 1 fully saturated rings. The summed E-state index contributed by atoms with van der Waals surface area (Å²) in [7, 11) is 1.43. The first-order chi connectivity index (χ1) is 8.77. The van der Waals surface area contributed by atoms with Crippen molar-refractivity contribution < 1.29 is 9.53 Å². The van der Waals surface area contributed by atoms with Crippen molar-refractivity contribution in [2.75, 3.05) is 39.8 Å². The van der Waals surface area contributed by atoms with Gasteiger partial charge >= 0.3 is 6.09 Å². The van der Waals surface area contributed by atoms with Crippen LogP contribution in [-0.2, 0) is 4.74 Å². The second-order valence-electron chi connectivity index (χ2n) is 2.89. The second-order valence-corrected chi connectivity index (χ2v) is 2.89. The molecule has 1 rings (SSSR count). The van der Waals surface area contributed by atoms with Gasteiger partial charge in [-0.25, -0.2) is 4.79 Å². The number of likely N-dealkylation sites (N-methyl/N-ethyl adjacent to an activating group) is 1. The van der Waals surface area contributed by atoms with Crippen LogP contribution in [0.4, 0.5) is 4.79 Å². The SMILES string of the molecule is CC.CC.CC.CCN1CCN(C(=O)OC)CC1. The van der Waals surface area contributed by atoms with Gasteiger partial charge in [0.15, 0.2) is 0 Å². The lowest BCUT2D eigenvalue weighted by Gasteiger charge is -2.32. The molecule has 0 N–H and O–H groups in total. The number of hydrogen-bond donors (Lipinski definition) is 0. The highest BCUT2D eigenvalue weighted by atomic mass is 16.5. The van der Waals surface area contributed by atoms with Crippen LogP contribution in [0.5, 0.6) is 0 Å². The van der Waals surface area contributed by atoms with Gasteiger partial charge < -0.3 is 14.5 Å². The Kier molecular flexibility index (Phi) is 23.1. The molecule has 0 atom stereocenters. The van der Waals surface area contributed by atoms with E-state index in [1.807, 2.05) is 41.5 Å². The third kappa shape index (κ3) is 10.4. The van der Waals surface area contributed by atoms with Crippen LogP contribution in [0.2, 0.25) is 0 Å². The number of carbonyl (C=O) groups excluding carboxylic acids is 1. The van der Waals surface area contributed by atoms with E-state index in [0.717, 1.165) is 32.7 Å². The molecule has 0 spiro atoms. The molecule has 0 aliphatic carbocycles. The van der Waals surface area contributed by atoms with Gasteiger partial charge in [-0.1, -0.05) is 48.5 Å². The zero-order chi connectivity index (χ0) is 15.0. The fourth-order valence-corrected chi connectivity index (χ4v) is 1.38. The van der Waals surface area contributed by atoms with E-state index in [2.05, 4.69) is 16.6 Å². The van der Waals surface area contributed by atoms with Crippen molar-refractivity contribution in [1.29, 1.82) is 0 Å². The molecule has 4 heteroatoms. The zero-order valence-corrected chi connectivity index (χ0v) is 13.7. The van der Waals surface area contributed by atoms with Gasteiger partial charge in [-0.15, -0.1) is 0 Å². The molecule has 1 amide bonds. The van der Waals surface area contributed by atoms with Crippen LogP contribution in [0.25, 0.3) is 0 Å². The van der Waals surface area contributed by atoms with Gasteiger partial charge in [0.2, 0.25) is 0 Å². The summed E-state index contributed by atoms with van der Waals surface area (Å²) in [6.45, 7) is 18.7. The lowest BCUT2D eigenvalue weighted by Crippen LogP contribution is -2.48. The molecular weight excluding hydrogens is 228 g/mol. The molecule has 0 aromatic carbocycles. The lowest BCUT2D eigenvalue weighted by molar-refractivity contribution is 0.0927. The average Bonchev–Trinajstić information content (AvgIpc) is 2.52. The van der Waals surface area contributed by atoms with Crippen molar-refractivity contribution in [3.63, 3.8) is 0 Å². The summed E-state index contributed by atoms with van der Waals surface area (Å²) >= 11 is 0. The van der Waals surface area contributed by atoms with Crippen molar-refractivity contribution in [1.82, 2.24) is 9.80 Å². The molecule has 0 unspecified atom stereocenters. The number of methoxy groups -OCH3 is 1. The van der Waals surface area contributed by atoms with Crippen molar-refractivity contribution in [2.45, 2.75) is 48.5 Å². The molecule has 0 aromatic rings. The molecule has 112 valence electrons. The molecule has 0 bridgehead atoms. The van der Waals surface area contributed by atoms with Crippen LogP contribution >= 0.6 is 0 Å². The van der Waals surface area contributed by atoms with E-state index in [1.54, 1.807) is 4.90 Å². The van der Waals surface area contributed by atoms with Gasteiger partial charge in [-0.05, 0) is 6.54 Å². The molecule has 1 saturated heterocycles. The largest absolute Gasteiger partial charge is 0.453 e. The van der Waals surface area contributed by atoms with Crippen LogP contribution in [0.3, 0.4) is 0 Å². The van der Waals surface area contributed by atoms with E-state index in [0.29, 0.717) is 0 Å². The maximum atomic E-state index is 11.0. The van der Waals surface area contributed by atoms with E-state index in [9.17, 15) is 4.79 Å². The molecule has 0 aromatic heterocycles. The number of nitrogens with zero attached hydrogens (tertiary/aromatic N) is 2. The number of piperazine rings is 1. The van der Waals surface area contributed by atoms with Gasteiger partial charge in [0.1, 0.15) is 0 Å². The highest BCUT2D eigenvalue weighted by molar-refractivity contribution is 5.67. The fraction of sp³-hybridized carbons (Fsp3) is 0.929. The van der Waals surface area contributed by atoms with E-state index in [1.165, 1.54) is 7.11 Å². The van der Waals surface area contributed by atoms with Gasteiger partial charge in [-0.2, -0.15) is 0 Å². The quantitative estimate of drug-likeness (QED) is 0.725. The summed E-state index contributed by atoms with van der Waals surface area (Å²) in [5, 5.41) is 0. The third-order valence-electron chi connectivity index (χ3n) is 2.25. The van der Waals surface area contributed by atoms with E-state index >= 15 is 0 Å². The fourth-order valence-electron chi connectivity index (χ4n) is 1.38. The van der Waals surface area contributed by atoms with Crippen molar-refractivity contribution in [3.8, 4) is 0 Å². The summed E-state index contributed by atoms with van der Waals surface area (Å²) in [5.41, 5.74) is 0. The summed E-state index contributed by atoms with van der Waals surface area (Å²) in [6, 6.07) is 0. The first-order valence-corrected chi connectivity index (χ1v) is 7.33. The van der Waals surface area contributed by atoms with E-state index in [4.69, 9.17) is 0 Å². The maximum Gasteiger partial charge on any atom is 0.409 e. The van der Waals surface area contributed by atoms with Gasteiger partial charge in [0.05, 0.1) is 7.11 Å². The van der Waals surface area contributed by atoms with Crippen LogP contribution in [0.15, 0.2) is 0 Å². The zero-order valence-electron chi connectivity index (χ0n) is 13.7. The predicted octanol–water partition coefficient (Wildman–Crippen LogP) is 3.47. The normalized spacial score (nSPS) is 13.9. The monoisotopic (exact) mass is 262 g/mol. The highest BCUT2D eigenvalue weighted by Gasteiger charge is 2.19. The van der Waals surface area contributed by atoms with E-state index < -0.39 is 0 Å². The Labute approximate surface area is 114 Å². The number of ether oxygens (including phenoxy) is 1. The Bertz CT molecular complexity index is 156. The van der Waals surface area contributed by atoms with Crippen LogP contribution in [-0.4, -0.2) is 55.7 Å². The minimum atomic E-state index is -0.203. The molecule has 1 heterocycles. The Balaban J connectivity index is -0.000000328. The smallest absolute Gasteiger partial charge is 0.409 e. The summed E-state index contributed by atoms with van der Waals surface area (Å²) in [5.74, 6) is 0. The standard InChI is InChI=1S/C8H16N2O2.3C2H6/c1-3-9-4-6-10(7-5-9)8(11)12-2;3*1-2/h3-7H2,1-2H3;3*1-2H3. The predicted molar refractivity (Wildman–Crippen MR) is 80.1 cm³/mol. The highest BCUT2D eigenvalue weighted by Crippen LogP contribution is 2.02. The van der Waals surface area contributed by atoms with Crippen LogP contribution < -0.4 is 0 Å². The Hall–Kier alpha value is -0.770. The number of rotatable bonds is 1. The molecule has 1 aliphatic heterocycles. The minimum Gasteiger partial charge on any atom is -0.453 e. The number of carbonyl (C=O) groups is 1. The second kappa shape index (κ2) is 18.6. The first kappa shape index (κ1) is 22.4. The lowest BCUT2D eigenvalue weighted by atomic mass is 10.3. The van der Waals surface area contributed by atoms with E-state index in [-0.39, 0.29) is 6.09 Å². The number of amides is 1. The maximum absolute atomic E-state index is 11.0. The van der Waals surface area contributed by atoms with Crippen molar-refractivity contribution >= 4 is 6.09 Å². The Morgan fingerprint density at radius 2 is 1.33 bits per heavy atom. The summed E-state index contributed by atoms with van der Waals surface area (Å²) < 4.78 is 4.63. The first-order valence-electron chi connectivity index (χ1n) is 7.33.